The van der Waals surface area contributed by atoms with Gasteiger partial charge in [-0.05, 0) is 19.8 Å². The number of hydrogen-bond donors (Lipinski definition) is 1. The zero-order valence-electron chi connectivity index (χ0n) is 7.42. The molecular formula is C8H13N3S. The van der Waals surface area contributed by atoms with Crippen LogP contribution in [0, 0.1) is 0 Å². The van der Waals surface area contributed by atoms with E-state index in [0.717, 1.165) is 17.4 Å². The highest BCUT2D eigenvalue weighted by molar-refractivity contribution is 7.09. The summed E-state index contributed by atoms with van der Waals surface area (Å²) in [5.74, 6) is 0.951. The van der Waals surface area contributed by atoms with Crippen LogP contribution in [0.15, 0.2) is 0 Å². The molecule has 0 amide bonds. The van der Waals surface area contributed by atoms with Crippen molar-refractivity contribution in [1.82, 2.24) is 9.36 Å². The van der Waals surface area contributed by atoms with E-state index < -0.39 is 0 Å². The Morgan fingerprint density at radius 2 is 2.33 bits per heavy atom. The summed E-state index contributed by atoms with van der Waals surface area (Å²) < 4.78 is 4.21. The molecule has 0 aliphatic heterocycles. The van der Waals surface area contributed by atoms with E-state index in [-0.39, 0.29) is 0 Å². The maximum Gasteiger partial charge on any atom is 0.202 e. The van der Waals surface area contributed by atoms with Gasteiger partial charge in [0.05, 0.1) is 0 Å². The molecule has 3 nitrogen and oxygen atoms in total. The summed E-state index contributed by atoms with van der Waals surface area (Å²) in [6.07, 6.45) is 3.44. The molecule has 1 aliphatic rings. The Labute approximate surface area is 76.4 Å². The van der Waals surface area contributed by atoms with E-state index in [4.69, 9.17) is 0 Å². The first-order valence-electron chi connectivity index (χ1n) is 4.33. The Hall–Kier alpha value is -0.640. The lowest BCUT2D eigenvalue weighted by molar-refractivity contribution is 0.824. The van der Waals surface area contributed by atoms with Crippen molar-refractivity contribution in [3.05, 3.63) is 5.82 Å². The van der Waals surface area contributed by atoms with Gasteiger partial charge in [-0.25, -0.2) is 4.98 Å². The molecule has 0 saturated heterocycles. The lowest BCUT2D eigenvalue weighted by Gasteiger charge is -2.07. The van der Waals surface area contributed by atoms with Crippen LogP contribution in [0.5, 0.6) is 0 Å². The lowest BCUT2D eigenvalue weighted by atomic mass is 10.3. The number of nitrogens with one attached hydrogen (secondary N) is 1. The van der Waals surface area contributed by atoms with E-state index in [0.29, 0.717) is 5.54 Å². The van der Waals surface area contributed by atoms with Crippen molar-refractivity contribution in [2.75, 3.05) is 5.32 Å². The van der Waals surface area contributed by atoms with E-state index >= 15 is 0 Å². The van der Waals surface area contributed by atoms with Gasteiger partial charge in [-0.1, -0.05) is 6.92 Å². The molecule has 1 aromatic rings. The van der Waals surface area contributed by atoms with Crippen molar-refractivity contribution in [3.8, 4) is 0 Å². The highest BCUT2D eigenvalue weighted by Gasteiger charge is 2.37. The first-order valence-corrected chi connectivity index (χ1v) is 5.10. The monoisotopic (exact) mass is 183 g/mol. The van der Waals surface area contributed by atoms with Gasteiger partial charge in [0.15, 0.2) is 0 Å². The van der Waals surface area contributed by atoms with Gasteiger partial charge in [-0.3, -0.25) is 0 Å². The predicted octanol–water partition coefficient (Wildman–Crippen LogP) is 2.06. The first-order chi connectivity index (χ1) is 5.72. The van der Waals surface area contributed by atoms with Crippen molar-refractivity contribution in [2.45, 2.75) is 38.6 Å². The summed E-state index contributed by atoms with van der Waals surface area (Å²) in [4.78, 5) is 4.35. The van der Waals surface area contributed by atoms with Crippen molar-refractivity contribution < 1.29 is 0 Å². The molecule has 1 heterocycles. The van der Waals surface area contributed by atoms with Crippen LogP contribution < -0.4 is 5.32 Å². The van der Waals surface area contributed by atoms with E-state index in [1.165, 1.54) is 24.4 Å². The summed E-state index contributed by atoms with van der Waals surface area (Å²) in [5.41, 5.74) is 0.324. The lowest BCUT2D eigenvalue weighted by Crippen LogP contribution is -2.15. The van der Waals surface area contributed by atoms with Crippen LogP contribution in [0.3, 0.4) is 0 Å². The van der Waals surface area contributed by atoms with E-state index in [1.54, 1.807) is 0 Å². The molecule has 4 heteroatoms. The molecule has 0 aromatic carbocycles. The minimum absolute atomic E-state index is 0.324. The second-order valence-corrected chi connectivity index (χ2v) is 4.31. The fraction of sp³-hybridized carbons (Fsp3) is 0.750. The fourth-order valence-electron chi connectivity index (χ4n) is 1.02. The number of nitrogens with zero attached hydrogens (tertiary/aromatic N) is 2. The smallest absolute Gasteiger partial charge is 0.202 e. The van der Waals surface area contributed by atoms with Crippen molar-refractivity contribution in [2.24, 2.45) is 0 Å². The standard InChI is InChI=1S/C8H13N3S/c1-3-6-9-7(12-11-6)10-8(2)4-5-8/h3-5H2,1-2H3,(H,9,10,11). The van der Waals surface area contributed by atoms with Crippen LogP contribution in [0.1, 0.15) is 32.5 Å². The molecule has 1 N–H and O–H groups in total. The van der Waals surface area contributed by atoms with Crippen LogP contribution in [0.2, 0.25) is 0 Å². The van der Waals surface area contributed by atoms with Crippen LogP contribution >= 0.6 is 11.5 Å². The molecule has 66 valence electrons. The van der Waals surface area contributed by atoms with Gasteiger partial charge in [0.2, 0.25) is 5.13 Å². The number of anilines is 1. The zero-order chi connectivity index (χ0) is 8.60. The Morgan fingerprint density at radius 1 is 1.58 bits per heavy atom. The topological polar surface area (TPSA) is 37.8 Å². The van der Waals surface area contributed by atoms with Crippen LogP contribution in [0.4, 0.5) is 5.13 Å². The van der Waals surface area contributed by atoms with Gasteiger partial charge in [-0.2, -0.15) is 4.37 Å². The van der Waals surface area contributed by atoms with Crippen molar-refractivity contribution in [3.63, 3.8) is 0 Å². The summed E-state index contributed by atoms with van der Waals surface area (Å²) in [6, 6.07) is 0. The largest absolute Gasteiger partial charge is 0.355 e. The molecule has 0 unspecified atom stereocenters. The van der Waals surface area contributed by atoms with E-state index in [1.807, 2.05) is 0 Å². The molecule has 0 spiro atoms. The average Bonchev–Trinajstić information content (AvgIpc) is 2.63. The summed E-state index contributed by atoms with van der Waals surface area (Å²) in [7, 11) is 0. The first kappa shape index (κ1) is 7.98. The quantitative estimate of drug-likeness (QED) is 0.779. The van der Waals surface area contributed by atoms with E-state index in [2.05, 4.69) is 28.5 Å². The number of aryl methyl sites for hydroxylation is 1. The zero-order valence-corrected chi connectivity index (χ0v) is 8.24. The molecule has 2 rings (SSSR count). The molecule has 1 aliphatic carbocycles. The van der Waals surface area contributed by atoms with Crippen molar-refractivity contribution >= 4 is 16.7 Å². The van der Waals surface area contributed by atoms with Crippen molar-refractivity contribution in [1.29, 1.82) is 0 Å². The van der Waals surface area contributed by atoms with Gasteiger partial charge in [-0.15, -0.1) is 0 Å². The number of hydrogen-bond acceptors (Lipinski definition) is 4. The molecule has 1 saturated carbocycles. The normalized spacial score (nSPS) is 19.2. The minimum Gasteiger partial charge on any atom is -0.355 e. The predicted molar refractivity (Wildman–Crippen MR) is 50.5 cm³/mol. The van der Waals surface area contributed by atoms with E-state index in [9.17, 15) is 0 Å². The summed E-state index contributed by atoms with van der Waals surface area (Å²) >= 11 is 1.47. The Kier molecular flexibility index (Phi) is 1.79. The van der Waals surface area contributed by atoms with Crippen LogP contribution in [-0.4, -0.2) is 14.9 Å². The molecule has 0 bridgehead atoms. The highest BCUT2D eigenvalue weighted by Crippen LogP contribution is 2.38. The van der Waals surface area contributed by atoms with Gasteiger partial charge < -0.3 is 5.32 Å². The molecular weight excluding hydrogens is 170 g/mol. The SMILES string of the molecule is CCc1nsc(NC2(C)CC2)n1. The molecule has 0 radical (unpaired) electrons. The maximum absolute atomic E-state index is 4.35. The number of aromatic nitrogens is 2. The third-order valence-electron chi connectivity index (χ3n) is 2.19. The summed E-state index contributed by atoms with van der Waals surface area (Å²) in [5, 5.41) is 4.37. The second-order valence-electron chi connectivity index (χ2n) is 3.55. The van der Waals surface area contributed by atoms with Gasteiger partial charge >= 0.3 is 0 Å². The van der Waals surface area contributed by atoms with Gasteiger partial charge in [0, 0.05) is 23.5 Å². The molecule has 0 atom stereocenters. The Bertz CT molecular complexity index is 278. The van der Waals surface area contributed by atoms with Gasteiger partial charge in [0.25, 0.3) is 0 Å². The van der Waals surface area contributed by atoms with Crippen LogP contribution in [-0.2, 0) is 6.42 Å². The Morgan fingerprint density at radius 3 is 2.83 bits per heavy atom. The maximum atomic E-state index is 4.35. The third kappa shape index (κ3) is 1.58. The third-order valence-corrected chi connectivity index (χ3v) is 2.86. The second kappa shape index (κ2) is 2.69. The molecule has 1 aromatic heterocycles. The fourth-order valence-corrected chi connectivity index (χ4v) is 1.82. The molecule has 12 heavy (non-hydrogen) atoms. The minimum atomic E-state index is 0.324. The van der Waals surface area contributed by atoms with Gasteiger partial charge in [0.1, 0.15) is 5.82 Å². The number of rotatable bonds is 3. The Balaban J connectivity index is 2.03. The van der Waals surface area contributed by atoms with Crippen LogP contribution in [0.25, 0.3) is 0 Å². The average molecular weight is 183 g/mol. The summed E-state index contributed by atoms with van der Waals surface area (Å²) in [6.45, 7) is 4.30. The molecule has 1 fully saturated rings. The highest BCUT2D eigenvalue weighted by atomic mass is 32.1.